The SMILES string of the molecule is Cc1ccc(NS(=O)(=O)C2(Br)C=CC=CC2)cc1. The summed E-state index contributed by atoms with van der Waals surface area (Å²) in [6.07, 6.45) is 7.44. The molecule has 0 aromatic heterocycles. The zero-order valence-corrected chi connectivity index (χ0v) is 12.3. The molecule has 0 bridgehead atoms. The first-order chi connectivity index (χ1) is 8.43. The Kier molecular flexibility index (Phi) is 3.64. The van der Waals surface area contributed by atoms with E-state index in [1.165, 1.54) is 0 Å². The molecular weight excluding hydrogens is 314 g/mol. The maximum atomic E-state index is 12.3. The summed E-state index contributed by atoms with van der Waals surface area (Å²) in [5.41, 5.74) is 1.66. The molecule has 1 aromatic carbocycles. The highest BCUT2D eigenvalue weighted by Crippen LogP contribution is 2.34. The van der Waals surface area contributed by atoms with Gasteiger partial charge in [0.2, 0.25) is 0 Å². The zero-order chi connectivity index (χ0) is 13.2. The van der Waals surface area contributed by atoms with Crippen LogP contribution in [0.5, 0.6) is 0 Å². The zero-order valence-electron chi connectivity index (χ0n) is 9.93. The summed E-state index contributed by atoms with van der Waals surface area (Å²) in [4.78, 5) is 0. The molecule has 1 aromatic rings. The molecule has 1 atom stereocenters. The Balaban J connectivity index is 2.24. The van der Waals surface area contributed by atoms with E-state index in [4.69, 9.17) is 0 Å². The van der Waals surface area contributed by atoms with Gasteiger partial charge >= 0.3 is 0 Å². The van der Waals surface area contributed by atoms with Crippen molar-refractivity contribution in [2.75, 3.05) is 4.72 Å². The summed E-state index contributed by atoms with van der Waals surface area (Å²) in [6, 6.07) is 7.25. The van der Waals surface area contributed by atoms with Gasteiger partial charge in [0, 0.05) is 12.1 Å². The third-order valence-electron chi connectivity index (χ3n) is 2.74. The number of benzene rings is 1. The molecule has 0 spiro atoms. The highest BCUT2D eigenvalue weighted by Gasteiger charge is 2.38. The molecule has 1 aliphatic rings. The smallest absolute Gasteiger partial charge is 0.252 e. The molecule has 0 amide bonds. The number of halogens is 1. The predicted molar refractivity (Wildman–Crippen MR) is 78.3 cm³/mol. The molecule has 0 heterocycles. The lowest BCUT2D eigenvalue weighted by molar-refractivity contribution is 0.590. The third kappa shape index (κ3) is 2.67. The van der Waals surface area contributed by atoms with Gasteiger partial charge in [-0.1, -0.05) is 57.9 Å². The Morgan fingerprint density at radius 2 is 1.89 bits per heavy atom. The van der Waals surface area contributed by atoms with E-state index in [9.17, 15) is 8.42 Å². The number of allylic oxidation sites excluding steroid dienone is 3. The van der Waals surface area contributed by atoms with Crippen molar-refractivity contribution in [3.05, 3.63) is 54.1 Å². The van der Waals surface area contributed by atoms with Crippen LogP contribution in [0, 0.1) is 6.92 Å². The van der Waals surface area contributed by atoms with Crippen molar-refractivity contribution in [2.24, 2.45) is 0 Å². The second-order valence-electron chi connectivity index (χ2n) is 4.25. The monoisotopic (exact) mass is 327 g/mol. The second-order valence-corrected chi connectivity index (χ2v) is 8.13. The molecule has 2 rings (SSSR count). The maximum Gasteiger partial charge on any atom is 0.252 e. The summed E-state index contributed by atoms with van der Waals surface area (Å²) in [5.74, 6) is 0. The number of anilines is 1. The second kappa shape index (κ2) is 4.90. The number of aryl methyl sites for hydroxylation is 1. The van der Waals surface area contributed by atoms with Crippen molar-refractivity contribution in [1.29, 1.82) is 0 Å². The fraction of sp³-hybridized carbons (Fsp3) is 0.231. The van der Waals surface area contributed by atoms with Gasteiger partial charge in [0.15, 0.2) is 3.66 Å². The maximum absolute atomic E-state index is 12.3. The van der Waals surface area contributed by atoms with Crippen LogP contribution in [0.3, 0.4) is 0 Å². The molecule has 1 N–H and O–H groups in total. The van der Waals surface area contributed by atoms with Crippen LogP contribution in [-0.2, 0) is 10.0 Å². The molecule has 5 heteroatoms. The van der Waals surface area contributed by atoms with E-state index in [0.29, 0.717) is 12.1 Å². The lowest BCUT2D eigenvalue weighted by Gasteiger charge is -2.25. The highest BCUT2D eigenvalue weighted by atomic mass is 79.9. The standard InChI is InChI=1S/C13H14BrNO2S/c1-11-5-7-12(8-6-11)15-18(16,17)13(14)9-3-2-4-10-13/h2-9,15H,10H2,1H3. The molecule has 3 nitrogen and oxygen atoms in total. The molecule has 0 saturated heterocycles. The van der Waals surface area contributed by atoms with Crippen molar-refractivity contribution in [1.82, 2.24) is 0 Å². The van der Waals surface area contributed by atoms with Crippen LogP contribution in [0.1, 0.15) is 12.0 Å². The summed E-state index contributed by atoms with van der Waals surface area (Å²) in [7, 11) is -3.52. The van der Waals surface area contributed by atoms with E-state index in [1.807, 2.05) is 31.2 Å². The van der Waals surface area contributed by atoms with Crippen molar-refractivity contribution >= 4 is 31.6 Å². The van der Waals surface area contributed by atoms with Crippen molar-refractivity contribution in [3.63, 3.8) is 0 Å². The predicted octanol–water partition coefficient (Wildman–Crippen LogP) is 3.34. The highest BCUT2D eigenvalue weighted by molar-refractivity contribution is 9.11. The van der Waals surface area contributed by atoms with Gasteiger partial charge in [-0.25, -0.2) is 8.42 Å². The summed E-state index contributed by atoms with van der Waals surface area (Å²) in [5, 5.41) is 0. The van der Waals surface area contributed by atoms with Crippen molar-refractivity contribution in [3.8, 4) is 0 Å². The molecular formula is C13H14BrNO2S. The topological polar surface area (TPSA) is 46.2 Å². The van der Waals surface area contributed by atoms with Crippen LogP contribution >= 0.6 is 15.9 Å². The quantitative estimate of drug-likeness (QED) is 0.865. The lowest BCUT2D eigenvalue weighted by Crippen LogP contribution is -2.35. The van der Waals surface area contributed by atoms with Gasteiger partial charge < -0.3 is 0 Å². The first-order valence-electron chi connectivity index (χ1n) is 5.55. The van der Waals surface area contributed by atoms with Gasteiger partial charge in [-0.2, -0.15) is 0 Å². The largest absolute Gasteiger partial charge is 0.282 e. The fourth-order valence-electron chi connectivity index (χ4n) is 1.64. The van der Waals surface area contributed by atoms with Gasteiger partial charge in [0.1, 0.15) is 0 Å². The summed E-state index contributed by atoms with van der Waals surface area (Å²) >= 11 is 3.30. The third-order valence-corrected chi connectivity index (χ3v) is 6.31. The van der Waals surface area contributed by atoms with Gasteiger partial charge in [-0.15, -0.1) is 0 Å². The molecule has 0 radical (unpaired) electrons. The van der Waals surface area contributed by atoms with E-state index in [2.05, 4.69) is 20.7 Å². The minimum atomic E-state index is -3.52. The van der Waals surface area contributed by atoms with Gasteiger partial charge in [0.05, 0.1) is 0 Å². The number of hydrogen-bond acceptors (Lipinski definition) is 2. The van der Waals surface area contributed by atoms with Crippen molar-refractivity contribution < 1.29 is 8.42 Å². The number of hydrogen-bond donors (Lipinski definition) is 1. The minimum absolute atomic E-state index is 0.407. The number of rotatable bonds is 3. The Labute approximate surface area is 116 Å². The van der Waals surface area contributed by atoms with Crippen molar-refractivity contribution in [2.45, 2.75) is 17.0 Å². The first kappa shape index (κ1) is 13.4. The van der Waals surface area contributed by atoms with E-state index in [1.54, 1.807) is 24.3 Å². The Morgan fingerprint density at radius 3 is 2.44 bits per heavy atom. The van der Waals surface area contributed by atoms with Gasteiger partial charge in [-0.3, -0.25) is 4.72 Å². The van der Waals surface area contributed by atoms with Crippen LogP contribution in [0.25, 0.3) is 0 Å². The van der Waals surface area contributed by atoms with Crippen LogP contribution in [-0.4, -0.2) is 12.1 Å². The number of alkyl halides is 1. The molecule has 0 aliphatic heterocycles. The van der Waals surface area contributed by atoms with E-state index in [-0.39, 0.29) is 0 Å². The van der Waals surface area contributed by atoms with Crippen LogP contribution in [0.4, 0.5) is 5.69 Å². The number of nitrogens with one attached hydrogen (secondary N) is 1. The molecule has 1 aliphatic carbocycles. The van der Waals surface area contributed by atoms with E-state index >= 15 is 0 Å². The average Bonchev–Trinajstić information content (AvgIpc) is 2.33. The van der Waals surface area contributed by atoms with Gasteiger partial charge in [0.25, 0.3) is 10.0 Å². The average molecular weight is 328 g/mol. The minimum Gasteiger partial charge on any atom is -0.282 e. The van der Waals surface area contributed by atoms with E-state index < -0.39 is 13.7 Å². The molecule has 0 fully saturated rings. The molecule has 96 valence electrons. The van der Waals surface area contributed by atoms with Gasteiger partial charge in [-0.05, 0) is 19.1 Å². The normalized spacial score (nSPS) is 23.0. The first-order valence-corrected chi connectivity index (χ1v) is 7.83. The summed E-state index contributed by atoms with van der Waals surface area (Å²) in [6.45, 7) is 1.96. The van der Waals surface area contributed by atoms with E-state index in [0.717, 1.165) is 5.56 Å². The van der Waals surface area contributed by atoms with Crippen LogP contribution < -0.4 is 4.72 Å². The fourth-order valence-corrected chi connectivity index (χ4v) is 3.41. The van der Waals surface area contributed by atoms with Crippen LogP contribution in [0.2, 0.25) is 0 Å². The van der Waals surface area contributed by atoms with Crippen LogP contribution in [0.15, 0.2) is 48.6 Å². The Morgan fingerprint density at radius 1 is 1.22 bits per heavy atom. The molecule has 18 heavy (non-hydrogen) atoms. The Hall–Kier alpha value is -1.07. The molecule has 1 unspecified atom stereocenters. The Bertz CT molecular complexity index is 590. The number of sulfonamides is 1. The summed E-state index contributed by atoms with van der Waals surface area (Å²) < 4.78 is 26.2. The lowest BCUT2D eigenvalue weighted by atomic mass is 10.2. The molecule has 0 saturated carbocycles.